The monoisotopic (exact) mass is 376 g/mol. The standard InChI is InChI=1S/C24H40O3/c1-4-5-10-18(2)19(3)16-27-17-23-21-14-13-20(15-21)22(23)11-8-6-7-9-12-24(25)26/h6,8,20-23H,4-5,7,9-17H2,1-3H3,(H,25,26)/b8-6-,19-18?/t20-,21+,22-,23+/m0/s1. The Kier molecular flexibility index (Phi) is 9.61. The first-order chi connectivity index (χ1) is 13.0. The Morgan fingerprint density at radius 2 is 1.78 bits per heavy atom. The van der Waals surface area contributed by atoms with E-state index in [-0.39, 0.29) is 6.42 Å². The molecule has 4 atom stereocenters. The molecule has 0 aliphatic heterocycles. The Morgan fingerprint density at radius 1 is 1.04 bits per heavy atom. The highest BCUT2D eigenvalue weighted by Crippen LogP contribution is 2.53. The molecule has 0 radical (unpaired) electrons. The third kappa shape index (κ3) is 7.10. The summed E-state index contributed by atoms with van der Waals surface area (Å²) in [4.78, 5) is 10.6. The van der Waals surface area contributed by atoms with E-state index in [1.807, 2.05) is 0 Å². The van der Waals surface area contributed by atoms with Crippen molar-refractivity contribution in [3.63, 3.8) is 0 Å². The average Bonchev–Trinajstić information content (AvgIpc) is 3.24. The summed E-state index contributed by atoms with van der Waals surface area (Å²) in [6.45, 7) is 8.43. The van der Waals surface area contributed by atoms with Gasteiger partial charge in [-0.05, 0) is 94.5 Å². The van der Waals surface area contributed by atoms with Gasteiger partial charge in [0, 0.05) is 6.42 Å². The molecule has 0 aromatic carbocycles. The Hall–Kier alpha value is -1.09. The lowest BCUT2D eigenvalue weighted by molar-refractivity contribution is -0.137. The predicted octanol–water partition coefficient (Wildman–Crippen LogP) is 6.39. The largest absolute Gasteiger partial charge is 0.481 e. The van der Waals surface area contributed by atoms with Crippen molar-refractivity contribution in [2.75, 3.05) is 13.2 Å². The molecule has 2 aliphatic rings. The van der Waals surface area contributed by atoms with Crippen LogP contribution in [0.1, 0.15) is 85.0 Å². The number of ether oxygens (including phenoxy) is 1. The van der Waals surface area contributed by atoms with Crippen LogP contribution in [0.15, 0.2) is 23.3 Å². The molecule has 3 heteroatoms. The molecular formula is C24H40O3. The molecule has 0 saturated heterocycles. The number of carboxylic acid groups (broad SMARTS) is 1. The van der Waals surface area contributed by atoms with E-state index < -0.39 is 5.97 Å². The summed E-state index contributed by atoms with van der Waals surface area (Å²) in [7, 11) is 0. The number of aliphatic carboxylic acids is 1. The highest BCUT2D eigenvalue weighted by Gasteiger charge is 2.46. The van der Waals surface area contributed by atoms with Gasteiger partial charge >= 0.3 is 5.97 Å². The third-order valence-electron chi connectivity index (χ3n) is 6.87. The van der Waals surface area contributed by atoms with Gasteiger partial charge in [-0.25, -0.2) is 0 Å². The Bertz CT molecular complexity index is 520. The maximum atomic E-state index is 10.6. The second-order valence-electron chi connectivity index (χ2n) is 8.83. The SMILES string of the molecule is CCCCC(C)=C(C)COC[C@@H]1[C@@H]2CC[C@@H](C2)[C@@H]1C/C=C\CCCC(=O)O. The average molecular weight is 377 g/mol. The summed E-state index contributed by atoms with van der Waals surface area (Å²) in [5, 5.41) is 8.71. The number of carboxylic acids is 1. The van der Waals surface area contributed by atoms with Crippen molar-refractivity contribution in [2.24, 2.45) is 23.7 Å². The van der Waals surface area contributed by atoms with E-state index in [0.29, 0.717) is 0 Å². The van der Waals surface area contributed by atoms with Gasteiger partial charge in [0.15, 0.2) is 0 Å². The van der Waals surface area contributed by atoms with Gasteiger partial charge in [-0.2, -0.15) is 0 Å². The first kappa shape index (κ1) is 22.2. The van der Waals surface area contributed by atoms with E-state index in [0.717, 1.165) is 56.1 Å². The van der Waals surface area contributed by atoms with Crippen molar-refractivity contribution in [3.05, 3.63) is 23.3 Å². The minimum absolute atomic E-state index is 0.277. The van der Waals surface area contributed by atoms with E-state index >= 15 is 0 Å². The van der Waals surface area contributed by atoms with Crippen molar-refractivity contribution >= 4 is 5.97 Å². The summed E-state index contributed by atoms with van der Waals surface area (Å²) < 4.78 is 6.19. The topological polar surface area (TPSA) is 46.5 Å². The van der Waals surface area contributed by atoms with Crippen molar-refractivity contribution in [3.8, 4) is 0 Å². The molecule has 2 rings (SSSR count). The molecule has 3 nitrogen and oxygen atoms in total. The molecule has 0 spiro atoms. The number of fused-ring (bicyclic) bond motifs is 2. The fraction of sp³-hybridized carbons (Fsp3) is 0.792. The van der Waals surface area contributed by atoms with Gasteiger partial charge in [-0.3, -0.25) is 4.79 Å². The third-order valence-corrected chi connectivity index (χ3v) is 6.87. The van der Waals surface area contributed by atoms with Gasteiger partial charge in [0.25, 0.3) is 0 Å². The fourth-order valence-corrected chi connectivity index (χ4v) is 5.03. The van der Waals surface area contributed by atoms with Crippen LogP contribution in [-0.4, -0.2) is 24.3 Å². The van der Waals surface area contributed by atoms with Crippen molar-refractivity contribution in [1.29, 1.82) is 0 Å². The van der Waals surface area contributed by atoms with Crippen molar-refractivity contribution in [1.82, 2.24) is 0 Å². The molecule has 0 unspecified atom stereocenters. The van der Waals surface area contributed by atoms with Gasteiger partial charge in [0.2, 0.25) is 0 Å². The Morgan fingerprint density at radius 3 is 2.48 bits per heavy atom. The minimum Gasteiger partial charge on any atom is -0.481 e. The van der Waals surface area contributed by atoms with Gasteiger partial charge in [0.05, 0.1) is 13.2 Å². The van der Waals surface area contributed by atoms with Crippen LogP contribution in [0.2, 0.25) is 0 Å². The number of carbonyl (C=O) groups is 1. The van der Waals surface area contributed by atoms with Crippen LogP contribution in [0.25, 0.3) is 0 Å². The quantitative estimate of drug-likeness (QED) is 0.299. The van der Waals surface area contributed by atoms with Crippen LogP contribution in [0.4, 0.5) is 0 Å². The van der Waals surface area contributed by atoms with Gasteiger partial charge in [-0.1, -0.05) is 31.1 Å². The molecule has 2 aliphatic carbocycles. The molecule has 154 valence electrons. The first-order valence-corrected chi connectivity index (χ1v) is 11.1. The van der Waals surface area contributed by atoms with Crippen LogP contribution >= 0.6 is 0 Å². The lowest BCUT2D eigenvalue weighted by Crippen LogP contribution is -2.26. The second kappa shape index (κ2) is 11.7. The smallest absolute Gasteiger partial charge is 0.303 e. The summed E-state index contributed by atoms with van der Waals surface area (Å²) in [6.07, 6.45) is 15.5. The zero-order valence-corrected chi connectivity index (χ0v) is 17.7. The molecule has 2 bridgehead atoms. The molecule has 2 fully saturated rings. The van der Waals surface area contributed by atoms with Crippen LogP contribution in [0, 0.1) is 23.7 Å². The summed E-state index contributed by atoms with van der Waals surface area (Å²) in [6, 6.07) is 0. The van der Waals surface area contributed by atoms with Crippen molar-refractivity contribution in [2.45, 2.75) is 85.0 Å². The number of unbranched alkanes of at least 4 members (excludes halogenated alkanes) is 2. The van der Waals surface area contributed by atoms with Crippen LogP contribution in [0.3, 0.4) is 0 Å². The molecule has 1 N–H and O–H groups in total. The molecular weight excluding hydrogens is 336 g/mol. The van der Waals surface area contributed by atoms with Crippen LogP contribution in [-0.2, 0) is 9.53 Å². The fourth-order valence-electron chi connectivity index (χ4n) is 5.03. The van der Waals surface area contributed by atoms with Gasteiger partial charge in [-0.15, -0.1) is 0 Å². The van der Waals surface area contributed by atoms with E-state index in [1.165, 1.54) is 49.7 Å². The molecule has 0 heterocycles. The van der Waals surface area contributed by atoms with Crippen LogP contribution < -0.4 is 0 Å². The van der Waals surface area contributed by atoms with Gasteiger partial charge in [0.1, 0.15) is 0 Å². The predicted molar refractivity (Wildman–Crippen MR) is 112 cm³/mol. The van der Waals surface area contributed by atoms with E-state index in [4.69, 9.17) is 9.84 Å². The number of hydrogen-bond acceptors (Lipinski definition) is 2. The van der Waals surface area contributed by atoms with E-state index in [2.05, 4.69) is 32.9 Å². The Labute approximate surface area is 166 Å². The number of allylic oxidation sites excluding steroid dienone is 3. The maximum absolute atomic E-state index is 10.6. The molecule has 27 heavy (non-hydrogen) atoms. The number of rotatable bonds is 13. The lowest BCUT2D eigenvalue weighted by atomic mass is 9.78. The van der Waals surface area contributed by atoms with Gasteiger partial charge < -0.3 is 9.84 Å². The molecule has 0 aromatic heterocycles. The Balaban J connectivity index is 1.75. The van der Waals surface area contributed by atoms with E-state index in [9.17, 15) is 4.79 Å². The summed E-state index contributed by atoms with van der Waals surface area (Å²) in [5.74, 6) is 2.55. The summed E-state index contributed by atoms with van der Waals surface area (Å²) >= 11 is 0. The summed E-state index contributed by atoms with van der Waals surface area (Å²) in [5.41, 5.74) is 2.92. The molecule has 2 saturated carbocycles. The molecule has 0 amide bonds. The lowest BCUT2D eigenvalue weighted by Gasteiger charge is -2.30. The van der Waals surface area contributed by atoms with Crippen molar-refractivity contribution < 1.29 is 14.6 Å². The zero-order valence-electron chi connectivity index (χ0n) is 17.7. The van der Waals surface area contributed by atoms with Crippen LogP contribution in [0.5, 0.6) is 0 Å². The maximum Gasteiger partial charge on any atom is 0.303 e. The zero-order chi connectivity index (χ0) is 19.6. The first-order valence-electron chi connectivity index (χ1n) is 11.1. The normalized spacial score (nSPS) is 28.1. The highest BCUT2D eigenvalue weighted by atomic mass is 16.5. The number of hydrogen-bond donors (Lipinski definition) is 1. The molecule has 0 aromatic rings. The van der Waals surface area contributed by atoms with E-state index in [1.54, 1.807) is 0 Å². The highest BCUT2D eigenvalue weighted by molar-refractivity contribution is 5.66. The second-order valence-corrected chi connectivity index (χ2v) is 8.83. The minimum atomic E-state index is -0.692.